The summed E-state index contributed by atoms with van der Waals surface area (Å²) >= 11 is 0. The monoisotopic (exact) mass is 235 g/mol. The number of amides is 1. The van der Waals surface area contributed by atoms with Gasteiger partial charge in [-0.3, -0.25) is 4.79 Å². The van der Waals surface area contributed by atoms with Crippen molar-refractivity contribution in [1.82, 2.24) is 9.78 Å². The van der Waals surface area contributed by atoms with Crippen LogP contribution >= 0.6 is 0 Å². The zero-order chi connectivity index (χ0) is 12.5. The van der Waals surface area contributed by atoms with Crippen LogP contribution < -0.4 is 5.32 Å². The fraction of sp³-hybridized carbons (Fsp3) is 0.692. The van der Waals surface area contributed by atoms with Gasteiger partial charge in [-0.05, 0) is 12.8 Å². The van der Waals surface area contributed by atoms with Crippen LogP contribution in [0.1, 0.15) is 52.5 Å². The van der Waals surface area contributed by atoms with Crippen molar-refractivity contribution in [1.29, 1.82) is 0 Å². The van der Waals surface area contributed by atoms with E-state index in [9.17, 15) is 4.79 Å². The standard InChI is InChI=1S/C13H21N3O/c1-13(2,3)12(17)15-11-8-9-14-16(11)10-6-4-5-7-10/h8-10H,4-7H2,1-3H3,(H,15,17). The van der Waals surface area contributed by atoms with Gasteiger partial charge in [0.15, 0.2) is 0 Å². The highest BCUT2D eigenvalue weighted by molar-refractivity contribution is 5.93. The maximum absolute atomic E-state index is 11.9. The van der Waals surface area contributed by atoms with E-state index in [1.54, 1.807) is 6.20 Å². The second-order valence-electron chi connectivity index (χ2n) is 5.80. The summed E-state index contributed by atoms with van der Waals surface area (Å²) in [7, 11) is 0. The summed E-state index contributed by atoms with van der Waals surface area (Å²) in [5, 5.41) is 7.30. The van der Waals surface area contributed by atoms with Gasteiger partial charge in [-0.2, -0.15) is 5.10 Å². The van der Waals surface area contributed by atoms with Crippen LogP contribution in [0.3, 0.4) is 0 Å². The fourth-order valence-electron chi connectivity index (χ4n) is 2.16. The van der Waals surface area contributed by atoms with Crippen molar-refractivity contribution >= 4 is 11.7 Å². The molecule has 1 heterocycles. The quantitative estimate of drug-likeness (QED) is 0.856. The molecule has 0 atom stereocenters. The van der Waals surface area contributed by atoms with Crippen LogP contribution in [-0.2, 0) is 4.79 Å². The molecule has 1 aliphatic carbocycles. The molecule has 1 N–H and O–H groups in total. The van der Waals surface area contributed by atoms with Gasteiger partial charge in [0.25, 0.3) is 0 Å². The van der Waals surface area contributed by atoms with Gasteiger partial charge in [0, 0.05) is 11.5 Å². The molecule has 1 saturated carbocycles. The molecule has 0 radical (unpaired) electrons. The van der Waals surface area contributed by atoms with Crippen molar-refractivity contribution in [3.05, 3.63) is 12.3 Å². The molecule has 4 heteroatoms. The van der Waals surface area contributed by atoms with Gasteiger partial charge in [0.2, 0.25) is 5.91 Å². The zero-order valence-corrected chi connectivity index (χ0v) is 10.9. The molecule has 1 amide bonds. The lowest BCUT2D eigenvalue weighted by Gasteiger charge is -2.20. The van der Waals surface area contributed by atoms with Crippen LogP contribution in [0.2, 0.25) is 0 Å². The highest BCUT2D eigenvalue weighted by Gasteiger charge is 2.24. The first-order valence-corrected chi connectivity index (χ1v) is 6.33. The Hall–Kier alpha value is -1.32. The number of nitrogens with one attached hydrogen (secondary N) is 1. The molecule has 1 aromatic heterocycles. The summed E-state index contributed by atoms with van der Waals surface area (Å²) in [5.41, 5.74) is -0.370. The average molecular weight is 235 g/mol. The largest absolute Gasteiger partial charge is 0.310 e. The summed E-state index contributed by atoms with van der Waals surface area (Å²) in [5.74, 6) is 0.870. The minimum atomic E-state index is -0.370. The van der Waals surface area contributed by atoms with E-state index in [2.05, 4.69) is 10.4 Å². The molecule has 0 unspecified atom stereocenters. The number of nitrogens with zero attached hydrogens (tertiary/aromatic N) is 2. The van der Waals surface area contributed by atoms with Crippen molar-refractivity contribution in [3.63, 3.8) is 0 Å². The number of hydrogen-bond donors (Lipinski definition) is 1. The summed E-state index contributed by atoms with van der Waals surface area (Å²) in [6, 6.07) is 2.34. The summed E-state index contributed by atoms with van der Waals surface area (Å²) < 4.78 is 1.97. The lowest BCUT2D eigenvalue weighted by atomic mass is 9.96. The Morgan fingerprint density at radius 3 is 2.65 bits per heavy atom. The van der Waals surface area contributed by atoms with E-state index in [1.807, 2.05) is 31.5 Å². The topological polar surface area (TPSA) is 46.9 Å². The first-order valence-electron chi connectivity index (χ1n) is 6.33. The van der Waals surface area contributed by atoms with E-state index >= 15 is 0 Å². The Morgan fingerprint density at radius 1 is 1.41 bits per heavy atom. The Bertz CT molecular complexity index is 397. The SMILES string of the molecule is CC(C)(C)C(=O)Nc1ccnn1C1CCCC1. The number of hydrogen-bond acceptors (Lipinski definition) is 2. The van der Waals surface area contributed by atoms with Crippen molar-refractivity contribution in [2.75, 3.05) is 5.32 Å². The van der Waals surface area contributed by atoms with E-state index in [0.717, 1.165) is 5.82 Å². The summed E-state index contributed by atoms with van der Waals surface area (Å²) in [6.45, 7) is 5.75. The predicted octanol–water partition coefficient (Wildman–Crippen LogP) is 2.98. The number of anilines is 1. The fourth-order valence-corrected chi connectivity index (χ4v) is 2.16. The van der Waals surface area contributed by atoms with Crippen LogP contribution in [-0.4, -0.2) is 15.7 Å². The van der Waals surface area contributed by atoms with Gasteiger partial charge in [-0.15, -0.1) is 0 Å². The molecule has 1 fully saturated rings. The number of aromatic nitrogens is 2. The van der Waals surface area contributed by atoms with Crippen molar-refractivity contribution < 1.29 is 4.79 Å². The molecule has 0 spiro atoms. The second-order valence-corrected chi connectivity index (χ2v) is 5.80. The predicted molar refractivity (Wildman–Crippen MR) is 67.8 cm³/mol. The third kappa shape index (κ3) is 2.68. The third-order valence-electron chi connectivity index (χ3n) is 3.26. The van der Waals surface area contributed by atoms with Crippen molar-refractivity contribution in [3.8, 4) is 0 Å². The van der Waals surface area contributed by atoms with Crippen LogP contribution in [0.4, 0.5) is 5.82 Å². The molecule has 94 valence electrons. The van der Waals surface area contributed by atoms with Crippen molar-refractivity contribution in [2.24, 2.45) is 5.41 Å². The first kappa shape index (κ1) is 12.1. The second kappa shape index (κ2) is 4.51. The minimum absolute atomic E-state index is 0.0391. The lowest BCUT2D eigenvalue weighted by molar-refractivity contribution is -0.123. The van der Waals surface area contributed by atoms with Crippen LogP contribution in [0.15, 0.2) is 12.3 Å². The smallest absolute Gasteiger partial charge is 0.230 e. The Morgan fingerprint density at radius 2 is 2.06 bits per heavy atom. The van der Waals surface area contributed by atoms with E-state index in [0.29, 0.717) is 6.04 Å². The molecule has 17 heavy (non-hydrogen) atoms. The van der Waals surface area contributed by atoms with Gasteiger partial charge in [0.1, 0.15) is 5.82 Å². The normalized spacial score (nSPS) is 17.4. The maximum Gasteiger partial charge on any atom is 0.230 e. The van der Waals surface area contributed by atoms with Crippen LogP contribution in [0.25, 0.3) is 0 Å². The maximum atomic E-state index is 11.9. The van der Waals surface area contributed by atoms with Gasteiger partial charge in [-0.25, -0.2) is 4.68 Å². The molecule has 0 bridgehead atoms. The average Bonchev–Trinajstić information content (AvgIpc) is 2.83. The molecule has 1 aliphatic rings. The van der Waals surface area contributed by atoms with Gasteiger partial charge >= 0.3 is 0 Å². The highest BCUT2D eigenvalue weighted by atomic mass is 16.2. The Kier molecular flexibility index (Phi) is 3.22. The molecule has 2 rings (SSSR count). The summed E-state index contributed by atoms with van der Waals surface area (Å²) in [4.78, 5) is 11.9. The van der Waals surface area contributed by atoms with Crippen molar-refractivity contribution in [2.45, 2.75) is 52.5 Å². The molecule has 0 aliphatic heterocycles. The molecule has 4 nitrogen and oxygen atoms in total. The lowest BCUT2D eigenvalue weighted by Crippen LogP contribution is -2.29. The molecule has 1 aromatic rings. The van der Waals surface area contributed by atoms with E-state index in [-0.39, 0.29) is 11.3 Å². The van der Waals surface area contributed by atoms with Gasteiger partial charge in [-0.1, -0.05) is 33.6 Å². The Labute approximate surface area is 102 Å². The third-order valence-corrected chi connectivity index (χ3v) is 3.26. The highest BCUT2D eigenvalue weighted by Crippen LogP contribution is 2.31. The number of carbonyl (C=O) groups is 1. The molecular formula is C13H21N3O. The Balaban J connectivity index is 2.11. The van der Waals surface area contributed by atoms with E-state index in [4.69, 9.17) is 0 Å². The van der Waals surface area contributed by atoms with Gasteiger partial charge in [0.05, 0.1) is 12.2 Å². The number of rotatable bonds is 2. The van der Waals surface area contributed by atoms with Gasteiger partial charge < -0.3 is 5.32 Å². The first-order chi connectivity index (χ1) is 7.98. The van der Waals surface area contributed by atoms with Crippen LogP contribution in [0.5, 0.6) is 0 Å². The molecule has 0 aromatic carbocycles. The zero-order valence-electron chi connectivity index (χ0n) is 10.9. The van der Waals surface area contributed by atoms with E-state index in [1.165, 1.54) is 25.7 Å². The van der Waals surface area contributed by atoms with E-state index < -0.39 is 0 Å². The van der Waals surface area contributed by atoms with Crippen LogP contribution in [0, 0.1) is 5.41 Å². The number of carbonyl (C=O) groups excluding carboxylic acids is 1. The molecular weight excluding hydrogens is 214 g/mol. The molecule has 0 saturated heterocycles. The summed E-state index contributed by atoms with van der Waals surface area (Å²) in [6.07, 6.45) is 6.62. The minimum Gasteiger partial charge on any atom is -0.310 e.